The van der Waals surface area contributed by atoms with Gasteiger partial charge in [0.1, 0.15) is 43.2 Å². The Bertz CT molecular complexity index is 1720. The summed E-state index contributed by atoms with van der Waals surface area (Å²) < 4.78 is 49.3. The van der Waals surface area contributed by atoms with Gasteiger partial charge in [0.25, 0.3) is 0 Å². The molecule has 1 saturated carbocycles. The molecule has 8 atom stereocenters. The molecule has 17 nitrogen and oxygen atoms in total. The summed E-state index contributed by atoms with van der Waals surface area (Å²) >= 11 is 0. The van der Waals surface area contributed by atoms with E-state index in [2.05, 4.69) is 90.4 Å². The Labute approximate surface area is 416 Å². The molecule has 0 saturated heterocycles. The number of phosphoric acid groups is 2. The highest BCUT2D eigenvalue weighted by Gasteiger charge is 2.54. The Balaban J connectivity index is 2.64. The second-order valence-corrected chi connectivity index (χ2v) is 19.5. The minimum absolute atomic E-state index is 0.0163. The third kappa shape index (κ3) is 35.1. The number of carbonyl (C=O) groups excluding carboxylic acids is 2. The Morgan fingerprint density at radius 1 is 0.486 bits per heavy atom. The van der Waals surface area contributed by atoms with Crippen LogP contribution in [0.25, 0.3) is 0 Å². The Hall–Kier alpha value is -3.12. The highest BCUT2D eigenvalue weighted by atomic mass is 31.2. The number of unbranched alkanes of at least 4 members (excludes halogenated alkanes) is 10. The molecule has 0 amide bonds. The summed E-state index contributed by atoms with van der Waals surface area (Å²) in [5, 5.41) is 50.1. The lowest BCUT2D eigenvalue weighted by atomic mass is 9.85. The first-order valence-corrected chi connectivity index (χ1v) is 27.9. The number of hydrogen-bond acceptors (Lipinski definition) is 14. The predicted octanol–water partition coefficient (Wildman–Crippen LogP) is 8.92. The highest BCUT2D eigenvalue weighted by molar-refractivity contribution is 7.47. The maximum Gasteiger partial charge on any atom is 0.472 e. The Kier molecular flexibility index (Phi) is 38.3. The number of hydrogen-bond donors (Lipinski definition) is 8. The Morgan fingerprint density at radius 2 is 0.900 bits per heavy atom. The number of aliphatic hydroxyl groups is 5. The largest absolute Gasteiger partial charge is 0.472 e. The second-order valence-electron chi connectivity index (χ2n) is 16.9. The summed E-state index contributed by atoms with van der Waals surface area (Å²) in [6, 6.07) is 0. The van der Waals surface area contributed by atoms with Gasteiger partial charge in [0.15, 0.2) is 6.10 Å². The van der Waals surface area contributed by atoms with E-state index < -0.39 is 83.5 Å². The highest BCUT2D eigenvalue weighted by Crippen LogP contribution is 2.49. The molecule has 0 radical (unpaired) electrons. The third-order valence-corrected chi connectivity index (χ3v) is 12.2. The minimum atomic E-state index is -5.38. The van der Waals surface area contributed by atoms with Gasteiger partial charge in [0.05, 0.1) is 6.61 Å². The van der Waals surface area contributed by atoms with Crippen LogP contribution in [0.15, 0.2) is 97.2 Å². The van der Waals surface area contributed by atoms with Crippen LogP contribution in [0.1, 0.15) is 148 Å². The topological polar surface area (TPSA) is 276 Å². The van der Waals surface area contributed by atoms with Gasteiger partial charge in [-0.1, -0.05) is 130 Å². The summed E-state index contributed by atoms with van der Waals surface area (Å²) in [5.41, 5.74) is 0. The molecule has 1 rings (SSSR count). The van der Waals surface area contributed by atoms with E-state index in [1.54, 1.807) is 0 Å². The van der Waals surface area contributed by atoms with Crippen LogP contribution in [-0.4, -0.2) is 115 Å². The van der Waals surface area contributed by atoms with Crippen LogP contribution >= 0.6 is 15.6 Å². The summed E-state index contributed by atoms with van der Waals surface area (Å²) in [6.45, 7) is 1.01. The van der Waals surface area contributed by atoms with Crippen LogP contribution in [0.3, 0.4) is 0 Å². The fourth-order valence-corrected chi connectivity index (χ4v) is 8.34. The van der Waals surface area contributed by atoms with Crippen molar-refractivity contribution in [1.82, 2.24) is 0 Å². The lowest BCUT2D eigenvalue weighted by molar-refractivity contribution is -0.216. The second kappa shape index (κ2) is 41.4. The number of phosphoric ester groups is 2. The fraction of sp³-hybridized carbons (Fsp3) is 0.647. The predicted molar refractivity (Wildman–Crippen MR) is 270 cm³/mol. The van der Waals surface area contributed by atoms with Crippen LogP contribution in [0, 0.1) is 0 Å². The number of ether oxygens (including phenoxy) is 2. The van der Waals surface area contributed by atoms with Crippen molar-refractivity contribution in [2.75, 3.05) is 19.8 Å². The van der Waals surface area contributed by atoms with Gasteiger partial charge < -0.3 is 49.7 Å². The van der Waals surface area contributed by atoms with Gasteiger partial charge in [-0.05, 0) is 103 Å². The summed E-state index contributed by atoms with van der Waals surface area (Å²) in [7, 11) is -10.7. The van der Waals surface area contributed by atoms with E-state index in [4.69, 9.17) is 23.6 Å². The van der Waals surface area contributed by atoms with Crippen molar-refractivity contribution in [1.29, 1.82) is 0 Å². The number of rotatable bonds is 41. The molecule has 19 heteroatoms. The molecule has 1 aliphatic carbocycles. The molecule has 1 aliphatic rings. The normalized spacial score (nSPS) is 21.8. The van der Waals surface area contributed by atoms with Crippen molar-refractivity contribution in [2.24, 2.45) is 0 Å². The molecule has 0 bridgehead atoms. The zero-order valence-corrected chi connectivity index (χ0v) is 42.9. The van der Waals surface area contributed by atoms with Gasteiger partial charge in [-0.3, -0.25) is 23.2 Å². The lowest BCUT2D eigenvalue weighted by Crippen LogP contribution is -2.64. The van der Waals surface area contributed by atoms with Crippen molar-refractivity contribution in [3.05, 3.63) is 97.2 Å². The molecule has 0 spiro atoms. The first-order valence-electron chi connectivity index (χ1n) is 24.9. The van der Waals surface area contributed by atoms with Crippen LogP contribution in [-0.2, 0) is 41.8 Å². The molecule has 400 valence electrons. The average molecular weight is 1030 g/mol. The van der Waals surface area contributed by atoms with Crippen molar-refractivity contribution >= 4 is 27.6 Å². The van der Waals surface area contributed by atoms with Gasteiger partial charge in [0, 0.05) is 19.4 Å². The quantitative estimate of drug-likeness (QED) is 0.0123. The summed E-state index contributed by atoms with van der Waals surface area (Å²) in [4.78, 5) is 54.3. The molecule has 0 aliphatic heterocycles. The smallest absolute Gasteiger partial charge is 0.462 e. The van der Waals surface area contributed by atoms with Crippen LogP contribution < -0.4 is 0 Å². The van der Waals surface area contributed by atoms with Gasteiger partial charge in [-0.15, -0.1) is 0 Å². The van der Waals surface area contributed by atoms with Crippen molar-refractivity contribution in [3.63, 3.8) is 0 Å². The SMILES string of the molecule is CCCCC/C=C\C/C=C\C/C=C\C/C=C\CCCCCC(=O)O[C@H](COC(=O)CCC/C=C\C/C=C\C/C=C\C/C=C\CCCCCO)COP(=O)(O)O[C@H]1C(O)C(O)C(O)[C@@H](OP(=O)(O)O)C1O. The van der Waals surface area contributed by atoms with E-state index in [0.717, 1.165) is 83.5 Å². The maximum atomic E-state index is 13.0. The van der Waals surface area contributed by atoms with Crippen molar-refractivity contribution < 1.29 is 82.0 Å². The summed E-state index contributed by atoms with van der Waals surface area (Å²) in [5.74, 6) is -1.33. The third-order valence-electron chi connectivity index (χ3n) is 10.7. The number of carbonyl (C=O) groups is 2. The monoisotopic (exact) mass is 1030 g/mol. The molecular weight excluding hydrogens is 946 g/mol. The van der Waals surface area contributed by atoms with E-state index >= 15 is 0 Å². The van der Waals surface area contributed by atoms with Gasteiger partial charge in [-0.2, -0.15) is 0 Å². The van der Waals surface area contributed by atoms with Gasteiger partial charge in [0.2, 0.25) is 0 Å². The number of aliphatic hydroxyl groups excluding tert-OH is 5. The minimum Gasteiger partial charge on any atom is -0.462 e. The van der Waals surface area contributed by atoms with Crippen molar-refractivity contribution in [3.8, 4) is 0 Å². The van der Waals surface area contributed by atoms with Crippen molar-refractivity contribution in [2.45, 2.75) is 191 Å². The molecule has 0 aromatic rings. The van der Waals surface area contributed by atoms with Gasteiger partial charge >= 0.3 is 27.6 Å². The Morgan fingerprint density at radius 3 is 1.36 bits per heavy atom. The number of esters is 2. The zero-order valence-electron chi connectivity index (χ0n) is 41.1. The molecule has 0 aromatic heterocycles. The average Bonchev–Trinajstić information content (AvgIpc) is 3.32. The van der Waals surface area contributed by atoms with Crippen LogP contribution in [0.4, 0.5) is 0 Å². The van der Waals surface area contributed by atoms with E-state index in [0.29, 0.717) is 25.7 Å². The van der Waals surface area contributed by atoms with E-state index in [9.17, 15) is 53.8 Å². The van der Waals surface area contributed by atoms with E-state index in [1.807, 2.05) is 18.2 Å². The zero-order chi connectivity index (χ0) is 51.7. The number of allylic oxidation sites excluding steroid dienone is 16. The molecule has 1 fully saturated rings. The molecule has 0 aromatic carbocycles. The van der Waals surface area contributed by atoms with Crippen LogP contribution in [0.2, 0.25) is 0 Å². The molecular formula is C51H84O17P2. The first kappa shape index (κ1) is 64.9. The summed E-state index contributed by atoms with van der Waals surface area (Å²) in [6.07, 6.45) is 36.6. The van der Waals surface area contributed by atoms with Crippen LogP contribution in [0.5, 0.6) is 0 Å². The molecule has 70 heavy (non-hydrogen) atoms. The lowest BCUT2D eigenvalue weighted by Gasteiger charge is -2.43. The molecule has 8 N–H and O–H groups in total. The standard InChI is InChI=1S/C51H84O17P2/c1-2-3-4-5-6-7-8-9-10-11-12-14-18-21-24-27-30-33-36-39-45(54)66-43(42-65-70(62,63)68-51-48(57)46(55)47(56)50(49(51)58)67-69(59,60)61)41-64-44(53)38-35-32-29-26-23-20-17-15-13-16-19-22-25-28-31-34-37-40-52/h6-7,9-10,12-14,16-17,20-22,24-26,29,43,46-52,55-58H,2-5,8,11,15,18-19,23,27-28,30-42H2,1H3,(H,62,63)(H2,59,60,61)/b7-6-,10-9-,14-12-,16-13-,20-17-,24-21-,25-22-,29-26-/t43-,46?,47?,48?,49?,50-,51+/m1/s1. The van der Waals surface area contributed by atoms with E-state index in [1.165, 1.54) is 19.3 Å². The van der Waals surface area contributed by atoms with Gasteiger partial charge in [-0.25, -0.2) is 9.13 Å². The molecule has 5 unspecified atom stereocenters. The molecule has 0 heterocycles. The maximum absolute atomic E-state index is 13.0. The fourth-order valence-electron chi connectivity index (χ4n) is 6.80. The first-order chi connectivity index (χ1) is 33.6. The van der Waals surface area contributed by atoms with E-state index in [-0.39, 0.29) is 19.4 Å².